The molecule has 2 unspecified atom stereocenters. The van der Waals surface area contributed by atoms with Crippen molar-refractivity contribution < 1.29 is 9.15 Å². The Kier molecular flexibility index (Phi) is 12.4. The average Bonchev–Trinajstić information content (AvgIpc) is 2.54. The molecule has 0 saturated carbocycles. The molecule has 0 heterocycles. The molecular formula is C28H54O2Si2. The lowest BCUT2D eigenvalue weighted by atomic mass is 9.72. The Morgan fingerprint density at radius 3 is 0.969 bits per heavy atom. The molecule has 0 rings (SSSR count). The lowest BCUT2D eigenvalue weighted by Crippen LogP contribution is -2.27. The molecule has 2 nitrogen and oxygen atoms in total. The molecule has 0 aromatic carbocycles. The molecule has 2 atom stereocenters. The summed E-state index contributed by atoms with van der Waals surface area (Å²) in [6.07, 6.45) is 8.82. The summed E-state index contributed by atoms with van der Waals surface area (Å²) in [7, 11) is -3.14. The van der Waals surface area contributed by atoms with Crippen LogP contribution in [0.5, 0.6) is 0 Å². The van der Waals surface area contributed by atoms with Gasteiger partial charge in [0.2, 0.25) is 18.1 Å². The van der Waals surface area contributed by atoms with Crippen LogP contribution >= 0.6 is 0 Å². The van der Waals surface area contributed by atoms with Gasteiger partial charge in [-0.2, -0.15) is 0 Å². The maximum Gasteiger partial charge on any atom is 0.229 e. The first kappa shape index (κ1) is 31.3. The van der Waals surface area contributed by atoms with E-state index >= 15 is 0 Å². The SMILES string of the molecule is C=CC[SiH](CC=C(C(C)(C)C)C(C)(C)C)OO[SiH](CC=C)CC=C(C(C)(C)C)C(C)(C)C. The van der Waals surface area contributed by atoms with E-state index in [9.17, 15) is 0 Å². The highest BCUT2D eigenvalue weighted by Crippen LogP contribution is 2.40. The van der Waals surface area contributed by atoms with E-state index in [0.29, 0.717) is 0 Å². The number of hydrogen-bond donors (Lipinski definition) is 0. The van der Waals surface area contributed by atoms with E-state index in [2.05, 4.69) is 108 Å². The molecule has 0 spiro atoms. The van der Waals surface area contributed by atoms with Crippen LogP contribution in [0.3, 0.4) is 0 Å². The quantitative estimate of drug-likeness (QED) is 0.128. The third-order valence-electron chi connectivity index (χ3n) is 5.59. The molecule has 0 saturated heterocycles. The van der Waals surface area contributed by atoms with Crippen LogP contribution in [0.2, 0.25) is 24.2 Å². The third kappa shape index (κ3) is 12.0. The topological polar surface area (TPSA) is 18.5 Å². The highest BCUT2D eigenvalue weighted by molar-refractivity contribution is 6.55. The molecule has 0 amide bonds. The van der Waals surface area contributed by atoms with E-state index in [1.54, 1.807) is 0 Å². The van der Waals surface area contributed by atoms with Gasteiger partial charge in [0.15, 0.2) is 0 Å². The van der Waals surface area contributed by atoms with Crippen molar-refractivity contribution in [2.75, 3.05) is 0 Å². The van der Waals surface area contributed by atoms with Crippen LogP contribution in [0, 0.1) is 21.7 Å². The second-order valence-electron chi connectivity index (χ2n) is 13.2. The smallest absolute Gasteiger partial charge is 0.229 e. The summed E-state index contributed by atoms with van der Waals surface area (Å²) >= 11 is 0. The van der Waals surface area contributed by atoms with Gasteiger partial charge < -0.3 is 9.15 Å². The van der Waals surface area contributed by atoms with Crippen LogP contribution in [0.1, 0.15) is 83.1 Å². The molecular weight excluding hydrogens is 424 g/mol. The third-order valence-corrected chi connectivity index (χ3v) is 9.82. The second kappa shape index (κ2) is 12.7. The van der Waals surface area contributed by atoms with Crippen LogP contribution < -0.4 is 0 Å². The first-order valence-electron chi connectivity index (χ1n) is 12.3. The zero-order valence-electron chi connectivity index (χ0n) is 23.5. The Bertz CT molecular complexity index is 557. The molecule has 0 radical (unpaired) electrons. The van der Waals surface area contributed by atoms with Gasteiger partial charge in [-0.15, -0.1) is 13.2 Å². The normalized spacial score (nSPS) is 15.0. The van der Waals surface area contributed by atoms with Crippen molar-refractivity contribution in [2.45, 2.75) is 107 Å². The maximum atomic E-state index is 6.18. The van der Waals surface area contributed by atoms with Gasteiger partial charge in [-0.25, -0.2) is 0 Å². The number of hydrogen-bond acceptors (Lipinski definition) is 2. The lowest BCUT2D eigenvalue weighted by molar-refractivity contribution is -0.112. The van der Waals surface area contributed by atoms with Gasteiger partial charge in [-0.05, 0) is 45.8 Å². The minimum atomic E-state index is -1.57. The molecule has 0 aliphatic rings. The summed E-state index contributed by atoms with van der Waals surface area (Å²) in [4.78, 5) is 0. The van der Waals surface area contributed by atoms with Crippen molar-refractivity contribution in [3.63, 3.8) is 0 Å². The van der Waals surface area contributed by atoms with Crippen molar-refractivity contribution >= 4 is 18.1 Å². The van der Waals surface area contributed by atoms with E-state index in [1.807, 2.05) is 12.2 Å². The van der Waals surface area contributed by atoms with Crippen LogP contribution in [0.15, 0.2) is 48.6 Å². The molecule has 186 valence electrons. The van der Waals surface area contributed by atoms with Crippen molar-refractivity contribution in [1.29, 1.82) is 0 Å². The molecule has 0 aliphatic heterocycles. The molecule has 0 aliphatic carbocycles. The zero-order chi connectivity index (χ0) is 25.4. The van der Waals surface area contributed by atoms with E-state index in [0.717, 1.165) is 24.2 Å². The molecule has 0 N–H and O–H groups in total. The fourth-order valence-electron chi connectivity index (χ4n) is 4.85. The summed E-state index contributed by atoms with van der Waals surface area (Å²) < 4.78 is 12.4. The fraction of sp³-hybridized carbons (Fsp3) is 0.714. The summed E-state index contributed by atoms with van der Waals surface area (Å²) in [6, 6.07) is 3.77. The van der Waals surface area contributed by atoms with Gasteiger partial charge in [0.05, 0.1) is 0 Å². The number of rotatable bonds is 11. The summed E-state index contributed by atoms with van der Waals surface area (Å²) in [5.74, 6) is 0. The molecule has 0 bridgehead atoms. The Labute approximate surface area is 204 Å². The fourth-order valence-corrected chi connectivity index (χ4v) is 8.55. The van der Waals surface area contributed by atoms with Crippen LogP contribution in [0.25, 0.3) is 0 Å². The zero-order valence-corrected chi connectivity index (χ0v) is 25.8. The first-order chi connectivity index (χ1) is 14.3. The van der Waals surface area contributed by atoms with Crippen LogP contribution in [-0.4, -0.2) is 18.1 Å². The average molecular weight is 479 g/mol. The molecule has 0 aromatic rings. The predicted molar refractivity (Wildman–Crippen MR) is 150 cm³/mol. The Morgan fingerprint density at radius 1 is 0.531 bits per heavy atom. The summed E-state index contributed by atoms with van der Waals surface area (Å²) in [5, 5.41) is 0. The van der Waals surface area contributed by atoms with Gasteiger partial charge in [-0.1, -0.05) is 119 Å². The van der Waals surface area contributed by atoms with Crippen molar-refractivity contribution in [2.24, 2.45) is 21.7 Å². The summed E-state index contributed by atoms with van der Waals surface area (Å²) in [6.45, 7) is 35.5. The predicted octanol–water partition coefficient (Wildman–Crippen LogP) is 8.79. The molecule has 32 heavy (non-hydrogen) atoms. The Balaban J connectivity index is 5.47. The molecule has 0 aromatic heterocycles. The lowest BCUT2D eigenvalue weighted by Gasteiger charge is -2.35. The summed E-state index contributed by atoms with van der Waals surface area (Å²) in [5.41, 5.74) is 3.55. The van der Waals surface area contributed by atoms with Crippen molar-refractivity contribution in [3.05, 3.63) is 48.6 Å². The molecule has 0 fully saturated rings. The highest BCUT2D eigenvalue weighted by Gasteiger charge is 2.29. The van der Waals surface area contributed by atoms with E-state index in [-0.39, 0.29) is 21.7 Å². The Morgan fingerprint density at radius 2 is 0.781 bits per heavy atom. The minimum Gasteiger partial charge on any atom is -0.301 e. The minimum absolute atomic E-state index is 0.146. The van der Waals surface area contributed by atoms with Gasteiger partial charge in [0.25, 0.3) is 0 Å². The van der Waals surface area contributed by atoms with Gasteiger partial charge >= 0.3 is 0 Å². The van der Waals surface area contributed by atoms with E-state index in [1.165, 1.54) is 11.1 Å². The molecule has 4 heteroatoms. The van der Waals surface area contributed by atoms with E-state index < -0.39 is 18.1 Å². The largest absolute Gasteiger partial charge is 0.301 e. The highest BCUT2D eigenvalue weighted by atomic mass is 28.3. The van der Waals surface area contributed by atoms with Crippen LogP contribution in [-0.2, 0) is 9.15 Å². The standard InChI is InChI=1S/C28H54O2Si2/c1-15-19-31(21-17-23(25(3,4)5)26(6,7)8)29-30-32(20-16-2)22-18-24(27(9,10)11)28(12,13)14/h15-18,31-32H,1-2,19-22H2,3-14H3. The number of allylic oxidation sites excluding steroid dienone is 6. The first-order valence-corrected chi connectivity index (χ1v) is 16.5. The monoisotopic (exact) mass is 478 g/mol. The van der Waals surface area contributed by atoms with Gasteiger partial charge in [0, 0.05) is 0 Å². The maximum absolute atomic E-state index is 6.18. The van der Waals surface area contributed by atoms with Gasteiger partial charge in [0.1, 0.15) is 0 Å². The van der Waals surface area contributed by atoms with E-state index in [4.69, 9.17) is 9.15 Å². The van der Waals surface area contributed by atoms with Crippen LogP contribution in [0.4, 0.5) is 0 Å². The van der Waals surface area contributed by atoms with Gasteiger partial charge in [-0.3, -0.25) is 0 Å². The Hall–Kier alpha value is -0.686. The van der Waals surface area contributed by atoms with Crippen molar-refractivity contribution in [1.82, 2.24) is 0 Å². The van der Waals surface area contributed by atoms with Crippen molar-refractivity contribution in [3.8, 4) is 0 Å². The second-order valence-corrected chi connectivity index (χ2v) is 18.0.